The lowest BCUT2D eigenvalue weighted by Gasteiger charge is -2.16. The topological polar surface area (TPSA) is 61.8 Å². The van der Waals surface area contributed by atoms with E-state index < -0.39 is 17.9 Å². The van der Waals surface area contributed by atoms with Crippen molar-refractivity contribution in [3.05, 3.63) is 41.5 Å². The predicted molar refractivity (Wildman–Crippen MR) is 81.6 cm³/mol. The fraction of sp³-hybridized carbons (Fsp3) is 0.294. The van der Waals surface area contributed by atoms with E-state index in [-0.39, 0.29) is 13.2 Å². The lowest BCUT2D eigenvalue weighted by molar-refractivity contribution is -0.157. The standard InChI is InChI=1S/C17H18O5/c1-4-10-22-12-14(11-13-8-6-5-7-9-13)15(16(18)20-2)17(19)21-3/h1,5-9,11,15H,10,12H2,2-3H3/b14-11-. The van der Waals surface area contributed by atoms with Crippen LogP contribution < -0.4 is 0 Å². The molecule has 0 bridgehead atoms. The number of ether oxygens (including phenoxy) is 3. The Morgan fingerprint density at radius 2 is 1.77 bits per heavy atom. The molecule has 0 atom stereocenters. The van der Waals surface area contributed by atoms with Gasteiger partial charge in [-0.15, -0.1) is 6.42 Å². The van der Waals surface area contributed by atoms with Gasteiger partial charge < -0.3 is 14.2 Å². The Morgan fingerprint density at radius 3 is 2.27 bits per heavy atom. The van der Waals surface area contributed by atoms with E-state index in [0.29, 0.717) is 5.57 Å². The van der Waals surface area contributed by atoms with Gasteiger partial charge in [-0.2, -0.15) is 0 Å². The molecule has 0 radical (unpaired) electrons. The van der Waals surface area contributed by atoms with Crippen molar-refractivity contribution in [1.29, 1.82) is 0 Å². The first kappa shape index (κ1) is 17.5. The zero-order valence-corrected chi connectivity index (χ0v) is 12.6. The molecule has 0 aliphatic carbocycles. The van der Waals surface area contributed by atoms with Gasteiger partial charge in [-0.25, -0.2) is 0 Å². The third-order valence-electron chi connectivity index (χ3n) is 2.85. The molecule has 1 aromatic rings. The predicted octanol–water partition coefficient (Wildman–Crippen LogP) is 1.68. The lowest BCUT2D eigenvalue weighted by Crippen LogP contribution is -2.30. The zero-order valence-electron chi connectivity index (χ0n) is 12.6. The Labute approximate surface area is 129 Å². The third-order valence-corrected chi connectivity index (χ3v) is 2.85. The molecule has 0 fully saturated rings. The first-order valence-electron chi connectivity index (χ1n) is 6.56. The SMILES string of the molecule is C#CCOC/C(=C/c1ccccc1)C(C(=O)OC)C(=O)OC. The molecule has 0 aromatic heterocycles. The summed E-state index contributed by atoms with van der Waals surface area (Å²) in [6.45, 7) is 0.0924. The largest absolute Gasteiger partial charge is 0.468 e. The number of hydrogen-bond acceptors (Lipinski definition) is 5. The summed E-state index contributed by atoms with van der Waals surface area (Å²) in [7, 11) is 2.42. The Balaban J connectivity index is 3.15. The van der Waals surface area contributed by atoms with Gasteiger partial charge in [-0.05, 0) is 11.1 Å². The molecule has 0 saturated heterocycles. The quantitative estimate of drug-likeness (QED) is 0.332. The van der Waals surface area contributed by atoms with E-state index in [2.05, 4.69) is 15.4 Å². The minimum atomic E-state index is -1.19. The smallest absolute Gasteiger partial charge is 0.324 e. The fourth-order valence-corrected chi connectivity index (χ4v) is 1.83. The first-order chi connectivity index (χ1) is 10.6. The number of benzene rings is 1. The second kappa shape index (κ2) is 9.37. The normalized spacial score (nSPS) is 10.9. The maximum Gasteiger partial charge on any atom is 0.324 e. The lowest BCUT2D eigenvalue weighted by atomic mass is 9.97. The molecule has 0 N–H and O–H groups in total. The molecule has 0 aliphatic heterocycles. The summed E-state index contributed by atoms with van der Waals surface area (Å²) in [4.78, 5) is 23.8. The molecule has 0 heterocycles. The summed E-state index contributed by atoms with van der Waals surface area (Å²) in [6.07, 6.45) is 6.83. The highest BCUT2D eigenvalue weighted by Gasteiger charge is 2.32. The highest BCUT2D eigenvalue weighted by Crippen LogP contribution is 2.19. The van der Waals surface area contributed by atoms with E-state index in [1.165, 1.54) is 14.2 Å². The molecular weight excluding hydrogens is 284 g/mol. The van der Waals surface area contributed by atoms with Crippen molar-refractivity contribution in [1.82, 2.24) is 0 Å². The molecular formula is C17H18O5. The minimum Gasteiger partial charge on any atom is -0.468 e. The molecule has 0 saturated carbocycles. The number of hydrogen-bond donors (Lipinski definition) is 0. The van der Waals surface area contributed by atoms with E-state index in [4.69, 9.17) is 11.2 Å². The Morgan fingerprint density at radius 1 is 1.18 bits per heavy atom. The molecule has 0 unspecified atom stereocenters. The summed E-state index contributed by atoms with van der Waals surface area (Å²) in [5, 5.41) is 0. The number of methoxy groups -OCH3 is 2. The molecule has 1 rings (SSSR count). The summed E-state index contributed by atoms with van der Waals surface area (Å²) in [5.74, 6) is -0.276. The van der Waals surface area contributed by atoms with Crippen molar-refractivity contribution in [3.8, 4) is 12.3 Å². The fourth-order valence-electron chi connectivity index (χ4n) is 1.83. The van der Waals surface area contributed by atoms with Crippen LogP contribution in [0.25, 0.3) is 6.08 Å². The van der Waals surface area contributed by atoms with Gasteiger partial charge in [0.1, 0.15) is 6.61 Å². The third kappa shape index (κ3) is 5.08. The van der Waals surface area contributed by atoms with Crippen LogP contribution in [0.3, 0.4) is 0 Å². The molecule has 0 amide bonds. The van der Waals surface area contributed by atoms with E-state index in [1.54, 1.807) is 6.08 Å². The van der Waals surface area contributed by atoms with Gasteiger partial charge in [0, 0.05) is 0 Å². The summed E-state index contributed by atoms with van der Waals surface area (Å²) < 4.78 is 14.6. The molecule has 1 aromatic carbocycles. The Bertz CT molecular complexity index is 552. The summed E-state index contributed by atoms with van der Waals surface area (Å²) in [6, 6.07) is 9.23. The van der Waals surface area contributed by atoms with Gasteiger partial charge in [-0.3, -0.25) is 9.59 Å². The monoisotopic (exact) mass is 302 g/mol. The molecule has 0 aliphatic rings. The maximum absolute atomic E-state index is 11.9. The van der Waals surface area contributed by atoms with Crippen LogP contribution in [-0.4, -0.2) is 39.4 Å². The van der Waals surface area contributed by atoms with Crippen molar-refractivity contribution < 1.29 is 23.8 Å². The maximum atomic E-state index is 11.9. The Hall–Kier alpha value is -2.58. The highest BCUT2D eigenvalue weighted by molar-refractivity contribution is 5.99. The van der Waals surface area contributed by atoms with Crippen LogP contribution >= 0.6 is 0 Å². The van der Waals surface area contributed by atoms with Crippen molar-refractivity contribution >= 4 is 18.0 Å². The van der Waals surface area contributed by atoms with Crippen molar-refractivity contribution in [3.63, 3.8) is 0 Å². The number of carbonyl (C=O) groups is 2. The summed E-state index contributed by atoms with van der Waals surface area (Å²) >= 11 is 0. The molecule has 116 valence electrons. The minimum absolute atomic E-state index is 0.0218. The van der Waals surface area contributed by atoms with Crippen LogP contribution in [0, 0.1) is 18.3 Å². The number of carbonyl (C=O) groups excluding carboxylic acids is 2. The second-order valence-electron chi connectivity index (χ2n) is 4.31. The van der Waals surface area contributed by atoms with Crippen LogP contribution in [-0.2, 0) is 23.8 Å². The average Bonchev–Trinajstić information content (AvgIpc) is 2.55. The van der Waals surface area contributed by atoms with Crippen molar-refractivity contribution in [2.24, 2.45) is 5.92 Å². The van der Waals surface area contributed by atoms with Crippen LogP contribution in [0.4, 0.5) is 0 Å². The molecule has 0 spiro atoms. The number of esters is 2. The first-order valence-corrected chi connectivity index (χ1v) is 6.56. The van der Waals surface area contributed by atoms with Gasteiger partial charge >= 0.3 is 11.9 Å². The average molecular weight is 302 g/mol. The van der Waals surface area contributed by atoms with Crippen LogP contribution in [0.2, 0.25) is 0 Å². The van der Waals surface area contributed by atoms with Gasteiger partial charge in [-0.1, -0.05) is 42.3 Å². The van der Waals surface area contributed by atoms with Crippen LogP contribution in [0.5, 0.6) is 0 Å². The van der Waals surface area contributed by atoms with Gasteiger partial charge in [0.25, 0.3) is 0 Å². The van der Waals surface area contributed by atoms with Crippen LogP contribution in [0.1, 0.15) is 5.56 Å². The molecule has 22 heavy (non-hydrogen) atoms. The van der Waals surface area contributed by atoms with E-state index in [1.807, 2.05) is 30.3 Å². The Kier molecular flexibility index (Phi) is 7.44. The van der Waals surface area contributed by atoms with E-state index >= 15 is 0 Å². The van der Waals surface area contributed by atoms with Crippen LogP contribution in [0.15, 0.2) is 35.9 Å². The molecule has 5 nitrogen and oxygen atoms in total. The van der Waals surface area contributed by atoms with E-state index in [9.17, 15) is 9.59 Å². The van der Waals surface area contributed by atoms with Gasteiger partial charge in [0.2, 0.25) is 0 Å². The summed E-state index contributed by atoms with van der Waals surface area (Å²) in [5.41, 5.74) is 1.24. The zero-order chi connectivity index (χ0) is 16.4. The number of terminal acetylenes is 1. The highest BCUT2D eigenvalue weighted by atomic mass is 16.5. The van der Waals surface area contributed by atoms with Crippen molar-refractivity contribution in [2.45, 2.75) is 0 Å². The van der Waals surface area contributed by atoms with Crippen molar-refractivity contribution in [2.75, 3.05) is 27.4 Å². The number of rotatable bonds is 7. The van der Waals surface area contributed by atoms with E-state index in [0.717, 1.165) is 5.56 Å². The molecule has 5 heteroatoms. The van der Waals surface area contributed by atoms with Gasteiger partial charge in [0.15, 0.2) is 5.92 Å². The van der Waals surface area contributed by atoms with Gasteiger partial charge in [0.05, 0.1) is 20.8 Å². The second-order valence-corrected chi connectivity index (χ2v) is 4.31.